The summed E-state index contributed by atoms with van der Waals surface area (Å²) < 4.78 is 15.5. The van der Waals surface area contributed by atoms with Gasteiger partial charge in [0.15, 0.2) is 5.58 Å². The van der Waals surface area contributed by atoms with Crippen LogP contribution in [0.1, 0.15) is 0 Å². The molecule has 0 spiro atoms. The van der Waals surface area contributed by atoms with Gasteiger partial charge < -0.3 is 18.3 Å². The Balaban J connectivity index is 1.21. The first-order chi connectivity index (χ1) is 25.8. The van der Waals surface area contributed by atoms with Crippen LogP contribution in [0.25, 0.3) is 82.5 Å². The van der Waals surface area contributed by atoms with Crippen LogP contribution in [-0.4, -0.2) is 4.57 Å². The average molecular weight is 667 g/mol. The van der Waals surface area contributed by atoms with Gasteiger partial charge in [-0.3, -0.25) is 0 Å². The third-order valence-corrected chi connectivity index (χ3v) is 10.4. The van der Waals surface area contributed by atoms with Gasteiger partial charge in [-0.05, 0) is 66.2 Å². The van der Waals surface area contributed by atoms with Crippen molar-refractivity contribution >= 4 is 82.7 Å². The molecule has 0 aliphatic rings. The van der Waals surface area contributed by atoms with Crippen LogP contribution in [0.2, 0.25) is 0 Å². The predicted molar refractivity (Wildman–Crippen MR) is 215 cm³/mol. The van der Waals surface area contributed by atoms with Gasteiger partial charge in [0.25, 0.3) is 0 Å². The maximum Gasteiger partial charge on any atom is 0.159 e. The molecule has 0 unspecified atom stereocenters. The molecule has 3 aromatic heterocycles. The average Bonchev–Trinajstić information content (AvgIpc) is 3.89. The first-order valence-corrected chi connectivity index (χ1v) is 17.6. The summed E-state index contributed by atoms with van der Waals surface area (Å²) in [7, 11) is 0. The first kappa shape index (κ1) is 28.8. The number of hydrogen-bond donors (Lipinski definition) is 0. The van der Waals surface area contributed by atoms with Crippen LogP contribution in [0.15, 0.2) is 191 Å². The highest BCUT2D eigenvalue weighted by Gasteiger charge is 2.24. The molecule has 0 N–H and O–H groups in total. The lowest BCUT2D eigenvalue weighted by molar-refractivity contribution is 0.668. The molecule has 11 aromatic rings. The van der Waals surface area contributed by atoms with Crippen LogP contribution in [0, 0.1) is 0 Å². The molecule has 0 amide bonds. The number of para-hydroxylation sites is 6. The van der Waals surface area contributed by atoms with Crippen molar-refractivity contribution < 1.29 is 8.83 Å². The van der Waals surface area contributed by atoms with Crippen molar-refractivity contribution in [3.63, 3.8) is 0 Å². The van der Waals surface area contributed by atoms with Gasteiger partial charge in [0.1, 0.15) is 16.7 Å². The van der Waals surface area contributed by atoms with Crippen molar-refractivity contribution in [3.05, 3.63) is 182 Å². The minimum Gasteiger partial charge on any atom is -0.456 e. The van der Waals surface area contributed by atoms with Gasteiger partial charge in [0, 0.05) is 43.9 Å². The monoisotopic (exact) mass is 666 g/mol. The summed E-state index contributed by atoms with van der Waals surface area (Å²) >= 11 is 0. The second kappa shape index (κ2) is 11.2. The van der Waals surface area contributed by atoms with E-state index in [0.717, 1.165) is 77.8 Å². The largest absolute Gasteiger partial charge is 0.456 e. The summed E-state index contributed by atoms with van der Waals surface area (Å²) in [6, 6.07) is 64.2. The van der Waals surface area contributed by atoms with E-state index < -0.39 is 0 Å². The molecule has 0 radical (unpaired) electrons. The number of nitrogens with zero attached hydrogens (tertiary/aromatic N) is 2. The van der Waals surface area contributed by atoms with E-state index in [-0.39, 0.29) is 0 Å². The quantitative estimate of drug-likeness (QED) is 0.183. The lowest BCUT2D eigenvalue weighted by Gasteiger charge is -2.27. The normalized spacial score (nSPS) is 11.8. The van der Waals surface area contributed by atoms with Crippen molar-refractivity contribution in [2.75, 3.05) is 4.90 Å². The number of furan rings is 2. The summed E-state index contributed by atoms with van der Waals surface area (Å²) in [5.41, 5.74) is 12.2. The van der Waals surface area contributed by atoms with Crippen molar-refractivity contribution in [1.82, 2.24) is 4.57 Å². The third kappa shape index (κ3) is 4.21. The molecule has 0 saturated heterocycles. The molecule has 0 saturated carbocycles. The highest BCUT2D eigenvalue weighted by Crippen LogP contribution is 2.47. The number of benzene rings is 8. The van der Waals surface area contributed by atoms with E-state index in [1.807, 2.05) is 24.3 Å². The molecule has 3 heterocycles. The summed E-state index contributed by atoms with van der Waals surface area (Å²) in [6.07, 6.45) is 0. The lowest BCUT2D eigenvalue weighted by Crippen LogP contribution is -2.10. The summed E-state index contributed by atoms with van der Waals surface area (Å²) in [5, 5.41) is 6.76. The fourth-order valence-electron chi connectivity index (χ4n) is 8.17. The van der Waals surface area contributed by atoms with Gasteiger partial charge in [0.05, 0.1) is 27.8 Å². The van der Waals surface area contributed by atoms with Crippen molar-refractivity contribution in [1.29, 1.82) is 0 Å². The Bertz CT molecular complexity index is 3150. The summed E-state index contributed by atoms with van der Waals surface area (Å²) in [6.45, 7) is 0. The predicted octanol–water partition coefficient (Wildman–Crippen LogP) is 13.7. The van der Waals surface area contributed by atoms with Gasteiger partial charge >= 0.3 is 0 Å². The third-order valence-electron chi connectivity index (χ3n) is 10.4. The molecule has 0 aliphatic carbocycles. The van der Waals surface area contributed by atoms with Crippen LogP contribution in [-0.2, 0) is 0 Å². The zero-order valence-electron chi connectivity index (χ0n) is 28.0. The zero-order valence-corrected chi connectivity index (χ0v) is 28.0. The van der Waals surface area contributed by atoms with E-state index in [4.69, 9.17) is 8.83 Å². The van der Waals surface area contributed by atoms with E-state index in [0.29, 0.717) is 0 Å². The Kier molecular flexibility index (Phi) is 6.22. The smallest absolute Gasteiger partial charge is 0.159 e. The second-order valence-electron chi connectivity index (χ2n) is 13.3. The number of anilines is 3. The maximum atomic E-state index is 6.69. The molecule has 0 aliphatic heterocycles. The number of aromatic nitrogens is 1. The van der Waals surface area contributed by atoms with Gasteiger partial charge in [-0.25, -0.2) is 0 Å². The second-order valence-corrected chi connectivity index (χ2v) is 13.3. The Hall–Kier alpha value is -7.04. The Labute approximate surface area is 299 Å². The molecule has 0 atom stereocenters. The van der Waals surface area contributed by atoms with Gasteiger partial charge in [-0.15, -0.1) is 0 Å². The van der Waals surface area contributed by atoms with E-state index >= 15 is 0 Å². The van der Waals surface area contributed by atoms with Crippen molar-refractivity contribution in [3.8, 4) is 16.8 Å². The fraction of sp³-hybridized carbons (Fsp3) is 0. The van der Waals surface area contributed by atoms with Crippen LogP contribution in [0.3, 0.4) is 0 Å². The number of rotatable bonds is 5. The highest BCUT2D eigenvalue weighted by molar-refractivity contribution is 6.17. The van der Waals surface area contributed by atoms with E-state index in [2.05, 4.69) is 167 Å². The van der Waals surface area contributed by atoms with Crippen molar-refractivity contribution in [2.45, 2.75) is 0 Å². The van der Waals surface area contributed by atoms with Gasteiger partial charge in [0.2, 0.25) is 0 Å². The van der Waals surface area contributed by atoms with E-state index in [1.54, 1.807) is 0 Å². The Morgan fingerprint density at radius 2 is 1.06 bits per heavy atom. The zero-order chi connectivity index (χ0) is 34.2. The van der Waals surface area contributed by atoms with Crippen LogP contribution in [0.5, 0.6) is 0 Å². The summed E-state index contributed by atoms with van der Waals surface area (Å²) in [4.78, 5) is 2.34. The molecule has 8 aromatic carbocycles. The lowest BCUT2D eigenvalue weighted by atomic mass is 10.00. The highest BCUT2D eigenvalue weighted by atomic mass is 16.3. The molecule has 0 fully saturated rings. The molecule has 4 nitrogen and oxygen atoms in total. The van der Waals surface area contributed by atoms with Crippen LogP contribution < -0.4 is 4.90 Å². The molecule has 244 valence electrons. The van der Waals surface area contributed by atoms with Gasteiger partial charge in [-0.1, -0.05) is 121 Å². The van der Waals surface area contributed by atoms with Crippen LogP contribution in [0.4, 0.5) is 17.1 Å². The topological polar surface area (TPSA) is 34.5 Å². The Morgan fingerprint density at radius 3 is 1.94 bits per heavy atom. The molecule has 4 heteroatoms. The molecular formula is C48H30N2O2. The molecule has 0 bridgehead atoms. The first-order valence-electron chi connectivity index (χ1n) is 17.6. The van der Waals surface area contributed by atoms with Crippen molar-refractivity contribution in [2.24, 2.45) is 0 Å². The minimum absolute atomic E-state index is 0.838. The fourth-order valence-corrected chi connectivity index (χ4v) is 8.17. The molecular weight excluding hydrogens is 637 g/mol. The minimum atomic E-state index is 0.838. The molecule has 11 rings (SSSR count). The number of hydrogen-bond acceptors (Lipinski definition) is 3. The molecule has 52 heavy (non-hydrogen) atoms. The van der Waals surface area contributed by atoms with Gasteiger partial charge in [-0.2, -0.15) is 0 Å². The SMILES string of the molecule is c1ccc(-n2c3ccccc3c3cccc(-c4cccc(N(c5cccc6c5oc5ccccc56)c5cccc6oc7ccccc7c56)c4)c32)cc1. The number of fused-ring (bicyclic) bond motifs is 9. The van der Waals surface area contributed by atoms with E-state index in [9.17, 15) is 0 Å². The van der Waals surface area contributed by atoms with E-state index in [1.165, 1.54) is 21.8 Å². The van der Waals surface area contributed by atoms with Crippen LogP contribution >= 0.6 is 0 Å². The summed E-state index contributed by atoms with van der Waals surface area (Å²) in [5.74, 6) is 0. The standard InChI is InChI=1S/C48H30N2O2/c1-2-15-32(16-3-1)50-40-24-7-4-18-35(40)37-22-11-21-34(47(37)50)31-14-10-17-33(30-31)49(41-25-13-29-45-46(41)39-20-6-9-28-44(39)51-45)42-26-12-23-38-36-19-5-8-27-43(36)52-48(38)42/h1-30H. The maximum absolute atomic E-state index is 6.69. The Morgan fingerprint density at radius 1 is 0.423 bits per heavy atom.